The Morgan fingerprint density at radius 2 is 2.23 bits per heavy atom. The van der Waals surface area contributed by atoms with Gasteiger partial charge in [-0.25, -0.2) is 9.67 Å². The van der Waals surface area contributed by atoms with Crippen LogP contribution in [0, 0.1) is 5.92 Å². The SMILES string of the molecule is COc1ccc(-c2cc(CNC(=O)C3CCc4ncnn4C3)no2)cc1. The lowest BCUT2D eigenvalue weighted by Crippen LogP contribution is -2.36. The molecule has 0 saturated heterocycles. The number of nitrogens with one attached hydrogen (secondary N) is 1. The monoisotopic (exact) mass is 353 g/mol. The van der Waals surface area contributed by atoms with Gasteiger partial charge in [0.1, 0.15) is 23.6 Å². The third-order valence-electron chi connectivity index (χ3n) is 4.55. The number of amides is 1. The van der Waals surface area contributed by atoms with E-state index in [4.69, 9.17) is 9.26 Å². The first-order valence-electron chi connectivity index (χ1n) is 8.47. The van der Waals surface area contributed by atoms with Crippen LogP contribution in [0.2, 0.25) is 0 Å². The second-order valence-electron chi connectivity index (χ2n) is 6.22. The van der Waals surface area contributed by atoms with Crippen LogP contribution in [0.15, 0.2) is 41.2 Å². The van der Waals surface area contributed by atoms with Gasteiger partial charge in [0.15, 0.2) is 5.76 Å². The molecule has 1 amide bonds. The van der Waals surface area contributed by atoms with Crippen LogP contribution in [0.25, 0.3) is 11.3 Å². The highest BCUT2D eigenvalue weighted by Crippen LogP contribution is 2.23. The van der Waals surface area contributed by atoms with E-state index in [1.165, 1.54) is 6.33 Å². The number of benzene rings is 1. The molecule has 0 spiro atoms. The molecule has 1 unspecified atom stereocenters. The van der Waals surface area contributed by atoms with Crippen molar-refractivity contribution in [1.82, 2.24) is 25.2 Å². The highest BCUT2D eigenvalue weighted by molar-refractivity contribution is 5.78. The van der Waals surface area contributed by atoms with Crippen LogP contribution >= 0.6 is 0 Å². The minimum Gasteiger partial charge on any atom is -0.497 e. The van der Waals surface area contributed by atoms with Gasteiger partial charge >= 0.3 is 0 Å². The minimum atomic E-state index is -0.0999. The molecule has 3 heterocycles. The second-order valence-corrected chi connectivity index (χ2v) is 6.22. The summed E-state index contributed by atoms with van der Waals surface area (Å²) in [6.07, 6.45) is 3.08. The summed E-state index contributed by atoms with van der Waals surface area (Å²) in [4.78, 5) is 16.6. The maximum Gasteiger partial charge on any atom is 0.225 e. The third kappa shape index (κ3) is 3.30. The summed E-state index contributed by atoms with van der Waals surface area (Å²) < 4.78 is 12.3. The standard InChI is InChI=1S/C18H19N5O3/c1-25-15-5-2-12(3-6-15)16-8-14(22-26-16)9-19-18(24)13-4-7-17-20-11-21-23(17)10-13/h2-3,5-6,8,11,13H,4,7,9-10H2,1H3,(H,19,24). The Kier molecular flexibility index (Phi) is 4.39. The van der Waals surface area contributed by atoms with Gasteiger partial charge in [-0.3, -0.25) is 4.79 Å². The number of ether oxygens (including phenoxy) is 1. The van der Waals surface area contributed by atoms with Crippen molar-refractivity contribution in [3.8, 4) is 17.1 Å². The van der Waals surface area contributed by atoms with Gasteiger partial charge in [-0.2, -0.15) is 5.10 Å². The molecule has 8 nitrogen and oxygen atoms in total. The summed E-state index contributed by atoms with van der Waals surface area (Å²) in [5, 5.41) is 11.1. The number of hydrogen-bond acceptors (Lipinski definition) is 6. The quantitative estimate of drug-likeness (QED) is 0.752. The summed E-state index contributed by atoms with van der Waals surface area (Å²) in [7, 11) is 1.63. The molecule has 1 N–H and O–H groups in total. The average molecular weight is 353 g/mol. The number of aromatic nitrogens is 4. The molecule has 0 fully saturated rings. The molecule has 3 aromatic rings. The van der Waals surface area contributed by atoms with Crippen molar-refractivity contribution in [3.05, 3.63) is 48.2 Å². The first-order chi connectivity index (χ1) is 12.7. The maximum atomic E-state index is 12.4. The number of methoxy groups -OCH3 is 1. The van der Waals surface area contributed by atoms with Gasteiger partial charge < -0.3 is 14.6 Å². The molecular weight excluding hydrogens is 334 g/mol. The number of aryl methyl sites for hydroxylation is 1. The Labute approximate surface area is 150 Å². The number of nitrogens with zero attached hydrogens (tertiary/aromatic N) is 4. The summed E-state index contributed by atoms with van der Waals surface area (Å²) >= 11 is 0. The number of fused-ring (bicyclic) bond motifs is 1. The van der Waals surface area contributed by atoms with Gasteiger partial charge in [-0.15, -0.1) is 0 Å². The zero-order valence-corrected chi connectivity index (χ0v) is 14.4. The van der Waals surface area contributed by atoms with Crippen molar-refractivity contribution >= 4 is 5.91 Å². The van der Waals surface area contributed by atoms with Gasteiger partial charge in [0.25, 0.3) is 0 Å². The first-order valence-corrected chi connectivity index (χ1v) is 8.47. The molecule has 0 saturated carbocycles. The van der Waals surface area contributed by atoms with Crippen molar-refractivity contribution < 1.29 is 14.1 Å². The maximum absolute atomic E-state index is 12.4. The molecule has 1 aliphatic heterocycles. The van der Waals surface area contributed by atoms with Crippen LogP contribution < -0.4 is 10.1 Å². The normalized spacial score (nSPS) is 16.1. The molecule has 4 rings (SSSR count). The van der Waals surface area contributed by atoms with Gasteiger partial charge in [0, 0.05) is 18.1 Å². The van der Waals surface area contributed by atoms with Crippen LogP contribution in [0.4, 0.5) is 0 Å². The van der Waals surface area contributed by atoms with Gasteiger partial charge in [0.05, 0.1) is 26.1 Å². The fourth-order valence-corrected chi connectivity index (χ4v) is 3.06. The Hall–Kier alpha value is -3.16. The minimum absolute atomic E-state index is 0.000137. The van der Waals surface area contributed by atoms with Gasteiger partial charge in [-0.1, -0.05) is 5.16 Å². The fourth-order valence-electron chi connectivity index (χ4n) is 3.06. The zero-order chi connectivity index (χ0) is 17.9. The van der Waals surface area contributed by atoms with E-state index in [-0.39, 0.29) is 11.8 Å². The van der Waals surface area contributed by atoms with E-state index in [1.54, 1.807) is 11.8 Å². The summed E-state index contributed by atoms with van der Waals surface area (Å²) in [5.41, 5.74) is 1.59. The summed E-state index contributed by atoms with van der Waals surface area (Å²) in [6.45, 7) is 0.899. The van der Waals surface area contributed by atoms with Crippen LogP contribution in [0.3, 0.4) is 0 Å². The van der Waals surface area contributed by atoms with Crippen molar-refractivity contribution in [1.29, 1.82) is 0 Å². The van der Waals surface area contributed by atoms with Crippen molar-refractivity contribution in [2.45, 2.75) is 25.9 Å². The lowest BCUT2D eigenvalue weighted by atomic mass is 9.99. The number of carbonyl (C=O) groups excluding carboxylic acids is 1. The summed E-state index contributed by atoms with van der Waals surface area (Å²) in [6, 6.07) is 9.36. The van der Waals surface area contributed by atoms with E-state index in [9.17, 15) is 4.79 Å². The highest BCUT2D eigenvalue weighted by Gasteiger charge is 2.25. The molecule has 2 aromatic heterocycles. The predicted octanol–water partition coefficient (Wildman–Crippen LogP) is 1.82. The smallest absolute Gasteiger partial charge is 0.225 e. The second kappa shape index (κ2) is 6.99. The molecule has 0 radical (unpaired) electrons. The van der Waals surface area contributed by atoms with Crippen molar-refractivity contribution in [3.63, 3.8) is 0 Å². The molecular formula is C18H19N5O3. The topological polar surface area (TPSA) is 95.1 Å². The van der Waals surface area contributed by atoms with Crippen LogP contribution in [-0.4, -0.2) is 32.9 Å². The number of carbonyl (C=O) groups is 1. The van der Waals surface area contributed by atoms with E-state index in [1.807, 2.05) is 30.3 Å². The Morgan fingerprint density at radius 3 is 3.04 bits per heavy atom. The summed E-state index contributed by atoms with van der Waals surface area (Å²) in [5.74, 6) is 2.28. The Balaban J connectivity index is 1.35. The lowest BCUT2D eigenvalue weighted by Gasteiger charge is -2.21. The Morgan fingerprint density at radius 1 is 1.38 bits per heavy atom. The number of hydrogen-bond donors (Lipinski definition) is 1. The molecule has 0 bridgehead atoms. The first kappa shape index (κ1) is 16.3. The van der Waals surface area contributed by atoms with Crippen molar-refractivity contribution in [2.75, 3.05) is 7.11 Å². The van der Waals surface area contributed by atoms with E-state index in [0.717, 1.165) is 30.0 Å². The van der Waals surface area contributed by atoms with Crippen LogP contribution in [-0.2, 0) is 24.3 Å². The van der Waals surface area contributed by atoms with Crippen LogP contribution in [0.1, 0.15) is 17.9 Å². The fraction of sp³-hybridized carbons (Fsp3) is 0.333. The molecule has 1 aromatic carbocycles. The van der Waals surface area contributed by atoms with E-state index >= 15 is 0 Å². The predicted molar refractivity (Wildman–Crippen MR) is 92.2 cm³/mol. The third-order valence-corrected chi connectivity index (χ3v) is 4.55. The van der Waals surface area contributed by atoms with Gasteiger partial charge in [-0.05, 0) is 30.7 Å². The highest BCUT2D eigenvalue weighted by atomic mass is 16.5. The van der Waals surface area contributed by atoms with Crippen molar-refractivity contribution in [2.24, 2.45) is 5.92 Å². The van der Waals surface area contributed by atoms with E-state index in [2.05, 4.69) is 20.6 Å². The van der Waals surface area contributed by atoms with Crippen LogP contribution in [0.5, 0.6) is 5.75 Å². The molecule has 8 heteroatoms. The van der Waals surface area contributed by atoms with E-state index < -0.39 is 0 Å². The Bertz CT molecular complexity index is 900. The molecule has 26 heavy (non-hydrogen) atoms. The average Bonchev–Trinajstić information content (AvgIpc) is 3.35. The molecule has 0 aliphatic carbocycles. The number of rotatable bonds is 5. The molecule has 1 atom stereocenters. The lowest BCUT2D eigenvalue weighted by molar-refractivity contribution is -0.126. The zero-order valence-electron chi connectivity index (χ0n) is 14.4. The van der Waals surface area contributed by atoms with Gasteiger partial charge in [0.2, 0.25) is 5.91 Å². The largest absolute Gasteiger partial charge is 0.497 e. The molecule has 1 aliphatic rings. The molecule has 134 valence electrons. The van der Waals surface area contributed by atoms with E-state index in [0.29, 0.717) is 24.5 Å².